The van der Waals surface area contributed by atoms with Crippen molar-refractivity contribution in [3.05, 3.63) is 35.7 Å². The third-order valence-corrected chi connectivity index (χ3v) is 4.27. The molecular weight excluding hydrogens is 290 g/mol. The number of aryl methyl sites for hydroxylation is 1. The number of nitrogens with one attached hydrogen (secondary N) is 1. The predicted octanol–water partition coefficient (Wildman–Crippen LogP) is 3.24. The number of aromatic nitrogens is 4. The number of nitrogens with zero attached hydrogens (tertiary/aromatic N) is 4. The van der Waals surface area contributed by atoms with Crippen LogP contribution in [0.5, 0.6) is 0 Å². The third kappa shape index (κ3) is 3.57. The largest absolute Gasteiger partial charge is 0.374 e. The summed E-state index contributed by atoms with van der Waals surface area (Å²) in [6.45, 7) is 4.58. The van der Waals surface area contributed by atoms with Gasteiger partial charge in [-0.1, -0.05) is 25.5 Å². The van der Waals surface area contributed by atoms with E-state index in [0.717, 1.165) is 30.9 Å². The van der Waals surface area contributed by atoms with Crippen LogP contribution in [0.1, 0.15) is 61.8 Å². The molecule has 1 fully saturated rings. The average molecular weight is 313 g/mol. The van der Waals surface area contributed by atoms with Crippen molar-refractivity contribution < 1.29 is 4.79 Å². The van der Waals surface area contributed by atoms with Crippen LogP contribution >= 0.6 is 0 Å². The topological polar surface area (TPSA) is 72.7 Å². The highest BCUT2D eigenvalue weighted by molar-refractivity contribution is 5.99. The number of para-hydroxylation sites is 1. The molecule has 0 radical (unpaired) electrons. The van der Waals surface area contributed by atoms with Gasteiger partial charge in [0.25, 0.3) is 0 Å². The monoisotopic (exact) mass is 313 g/mol. The lowest BCUT2D eigenvalue weighted by Gasteiger charge is -2.20. The number of benzene rings is 1. The molecule has 0 saturated heterocycles. The summed E-state index contributed by atoms with van der Waals surface area (Å²) >= 11 is 0. The second kappa shape index (κ2) is 6.89. The highest BCUT2D eigenvalue weighted by Gasteiger charge is 2.36. The molecule has 0 bridgehead atoms. The molecule has 1 aromatic heterocycles. The molecule has 3 rings (SSSR count). The summed E-state index contributed by atoms with van der Waals surface area (Å²) in [6, 6.07) is 7.70. The molecule has 0 amide bonds. The van der Waals surface area contributed by atoms with E-state index in [9.17, 15) is 4.79 Å². The number of ketones is 1. The van der Waals surface area contributed by atoms with Gasteiger partial charge in [-0.15, -0.1) is 5.10 Å². The van der Waals surface area contributed by atoms with Crippen LogP contribution in [0.15, 0.2) is 24.3 Å². The fraction of sp³-hybridized carbons (Fsp3) is 0.529. The molecule has 0 spiro atoms. The smallest absolute Gasteiger partial charge is 0.173 e. The number of hydrogen-bond acceptors (Lipinski definition) is 5. The summed E-state index contributed by atoms with van der Waals surface area (Å²) in [5.74, 6) is 1.47. The molecule has 1 unspecified atom stereocenters. The maximum absolute atomic E-state index is 11.8. The van der Waals surface area contributed by atoms with Crippen molar-refractivity contribution in [2.45, 2.75) is 52.1 Å². The molecule has 6 heteroatoms. The van der Waals surface area contributed by atoms with E-state index in [4.69, 9.17) is 0 Å². The number of carbonyl (C=O) groups is 1. The zero-order valence-corrected chi connectivity index (χ0v) is 13.7. The zero-order valence-electron chi connectivity index (χ0n) is 13.7. The van der Waals surface area contributed by atoms with Crippen molar-refractivity contribution in [1.82, 2.24) is 20.2 Å². The SMILES string of the molecule is CCCCn1nnnc1C(Nc1ccccc1C(C)=O)C1CC1. The molecule has 0 aliphatic heterocycles. The van der Waals surface area contributed by atoms with Crippen LogP contribution in [0.25, 0.3) is 0 Å². The van der Waals surface area contributed by atoms with Gasteiger partial charge in [0, 0.05) is 17.8 Å². The first kappa shape index (κ1) is 15.6. The highest BCUT2D eigenvalue weighted by Crippen LogP contribution is 2.42. The van der Waals surface area contributed by atoms with Gasteiger partial charge in [0.05, 0.1) is 6.04 Å². The van der Waals surface area contributed by atoms with Crippen LogP contribution in [-0.4, -0.2) is 26.0 Å². The van der Waals surface area contributed by atoms with Crippen LogP contribution in [0, 0.1) is 5.92 Å². The average Bonchev–Trinajstić information content (AvgIpc) is 3.29. The fourth-order valence-corrected chi connectivity index (χ4v) is 2.81. The number of carbonyl (C=O) groups excluding carboxylic acids is 1. The Kier molecular flexibility index (Phi) is 4.69. The molecule has 122 valence electrons. The molecule has 1 atom stereocenters. The lowest BCUT2D eigenvalue weighted by atomic mass is 10.1. The van der Waals surface area contributed by atoms with Gasteiger partial charge in [0.15, 0.2) is 11.6 Å². The van der Waals surface area contributed by atoms with Crippen molar-refractivity contribution in [2.24, 2.45) is 5.92 Å². The Morgan fingerprint density at radius 3 is 2.87 bits per heavy atom. The quantitative estimate of drug-likeness (QED) is 0.757. The Morgan fingerprint density at radius 2 is 2.17 bits per heavy atom. The third-order valence-electron chi connectivity index (χ3n) is 4.27. The number of anilines is 1. The Bertz CT molecular complexity index is 677. The summed E-state index contributed by atoms with van der Waals surface area (Å²) in [6.07, 6.45) is 4.49. The molecule has 1 aromatic carbocycles. The van der Waals surface area contributed by atoms with Crippen LogP contribution < -0.4 is 5.32 Å². The van der Waals surface area contributed by atoms with E-state index in [1.54, 1.807) is 6.92 Å². The number of rotatable bonds is 8. The molecular formula is C17H23N5O. The van der Waals surface area contributed by atoms with Gasteiger partial charge < -0.3 is 5.32 Å². The van der Waals surface area contributed by atoms with Crippen molar-refractivity contribution in [1.29, 1.82) is 0 Å². The number of Topliss-reactive ketones (excluding diaryl/α,β-unsaturated/α-hetero) is 1. The van der Waals surface area contributed by atoms with Gasteiger partial charge in [-0.3, -0.25) is 4.79 Å². The summed E-state index contributed by atoms with van der Waals surface area (Å²) in [7, 11) is 0. The minimum Gasteiger partial charge on any atom is -0.374 e. The van der Waals surface area contributed by atoms with Gasteiger partial charge in [0.1, 0.15) is 0 Å². The van der Waals surface area contributed by atoms with Crippen molar-refractivity contribution in [3.8, 4) is 0 Å². The number of hydrogen-bond donors (Lipinski definition) is 1. The molecule has 2 aromatic rings. The first-order valence-electron chi connectivity index (χ1n) is 8.33. The van der Waals surface area contributed by atoms with Crippen LogP contribution in [0.4, 0.5) is 5.69 Å². The van der Waals surface area contributed by atoms with Gasteiger partial charge in [-0.2, -0.15) is 0 Å². The Hall–Kier alpha value is -2.24. The molecule has 1 heterocycles. The molecule has 1 aliphatic carbocycles. The minimum atomic E-state index is 0.0577. The second-order valence-corrected chi connectivity index (χ2v) is 6.17. The normalized spacial score (nSPS) is 15.4. The van der Waals surface area contributed by atoms with Crippen molar-refractivity contribution in [3.63, 3.8) is 0 Å². The van der Waals surface area contributed by atoms with Crippen LogP contribution in [-0.2, 0) is 6.54 Å². The Balaban J connectivity index is 1.86. The van der Waals surface area contributed by atoms with Crippen molar-refractivity contribution >= 4 is 11.5 Å². The van der Waals surface area contributed by atoms with E-state index in [-0.39, 0.29) is 11.8 Å². The van der Waals surface area contributed by atoms with E-state index >= 15 is 0 Å². The maximum atomic E-state index is 11.8. The predicted molar refractivity (Wildman–Crippen MR) is 88.3 cm³/mol. The van der Waals surface area contributed by atoms with E-state index in [2.05, 4.69) is 27.8 Å². The van der Waals surface area contributed by atoms with E-state index in [1.165, 1.54) is 12.8 Å². The Morgan fingerprint density at radius 1 is 1.39 bits per heavy atom. The van der Waals surface area contributed by atoms with Gasteiger partial charge in [-0.25, -0.2) is 4.68 Å². The first-order chi connectivity index (χ1) is 11.2. The lowest BCUT2D eigenvalue weighted by molar-refractivity contribution is 0.101. The highest BCUT2D eigenvalue weighted by atomic mass is 16.1. The summed E-state index contributed by atoms with van der Waals surface area (Å²) in [4.78, 5) is 11.8. The van der Waals surface area contributed by atoms with Crippen LogP contribution in [0.2, 0.25) is 0 Å². The standard InChI is InChI=1S/C17H23N5O/c1-3-4-11-22-17(19-20-21-22)16(13-9-10-13)18-15-8-6-5-7-14(15)12(2)23/h5-8,13,16,18H,3-4,9-11H2,1-2H3. The van der Waals surface area contributed by atoms with Crippen molar-refractivity contribution in [2.75, 3.05) is 5.32 Å². The lowest BCUT2D eigenvalue weighted by Crippen LogP contribution is -2.20. The van der Waals surface area contributed by atoms with Gasteiger partial charge in [0.2, 0.25) is 0 Å². The van der Waals surface area contributed by atoms with Gasteiger partial charge >= 0.3 is 0 Å². The molecule has 1 N–H and O–H groups in total. The van der Waals surface area contributed by atoms with Crippen LogP contribution in [0.3, 0.4) is 0 Å². The first-order valence-corrected chi connectivity index (χ1v) is 8.33. The second-order valence-electron chi connectivity index (χ2n) is 6.17. The maximum Gasteiger partial charge on any atom is 0.173 e. The van der Waals surface area contributed by atoms with E-state index in [1.807, 2.05) is 28.9 Å². The van der Waals surface area contributed by atoms with E-state index in [0.29, 0.717) is 11.5 Å². The van der Waals surface area contributed by atoms with Gasteiger partial charge in [-0.05, 0) is 54.7 Å². The summed E-state index contributed by atoms with van der Waals surface area (Å²) < 4.78 is 1.90. The molecule has 1 aliphatic rings. The van der Waals surface area contributed by atoms with E-state index < -0.39 is 0 Å². The number of tetrazole rings is 1. The summed E-state index contributed by atoms with van der Waals surface area (Å²) in [5.41, 5.74) is 1.58. The molecule has 1 saturated carbocycles. The minimum absolute atomic E-state index is 0.0577. The number of unbranched alkanes of at least 4 members (excludes halogenated alkanes) is 1. The fourth-order valence-electron chi connectivity index (χ4n) is 2.81. The molecule has 6 nitrogen and oxygen atoms in total. The zero-order chi connectivity index (χ0) is 16.2. The Labute approximate surface area is 136 Å². The molecule has 23 heavy (non-hydrogen) atoms. The summed E-state index contributed by atoms with van der Waals surface area (Å²) in [5, 5.41) is 15.8.